The van der Waals surface area contributed by atoms with Crippen molar-refractivity contribution in [2.75, 3.05) is 0 Å². The van der Waals surface area contributed by atoms with Gasteiger partial charge >= 0.3 is 0 Å². The number of hydrogen-bond acceptors (Lipinski definition) is 2. The number of aromatic nitrogens is 2. The molecule has 2 aromatic rings. The van der Waals surface area contributed by atoms with E-state index in [2.05, 4.69) is 33.8 Å². The molecule has 0 saturated heterocycles. The average Bonchev–Trinajstić information content (AvgIpc) is 2.87. The second-order valence-corrected chi connectivity index (χ2v) is 5.18. The molecule has 18 heavy (non-hydrogen) atoms. The maximum atomic E-state index is 6.00. The Morgan fingerprint density at radius 2 is 2.11 bits per heavy atom. The first-order valence-corrected chi connectivity index (χ1v) is 6.60. The van der Waals surface area contributed by atoms with E-state index in [0.717, 1.165) is 18.5 Å². The Hall–Kier alpha value is -1.61. The molecule has 0 saturated carbocycles. The van der Waals surface area contributed by atoms with Crippen LogP contribution in [0.3, 0.4) is 0 Å². The van der Waals surface area contributed by atoms with Crippen molar-refractivity contribution >= 4 is 0 Å². The van der Waals surface area contributed by atoms with Crippen molar-refractivity contribution in [3.8, 4) is 0 Å². The fraction of sp³-hybridized carbons (Fsp3) is 0.400. The predicted octanol–water partition coefficient (Wildman–Crippen LogP) is 2.63. The third kappa shape index (κ3) is 1.95. The highest BCUT2D eigenvalue weighted by molar-refractivity contribution is 5.30. The Kier molecular flexibility index (Phi) is 2.92. The number of nitrogens with zero attached hydrogens (tertiary/aromatic N) is 2. The van der Waals surface area contributed by atoms with Gasteiger partial charge in [0, 0.05) is 18.3 Å². The average molecular weight is 241 g/mol. The van der Waals surface area contributed by atoms with E-state index in [1.165, 1.54) is 17.5 Å². The van der Waals surface area contributed by atoms with Crippen LogP contribution in [0.15, 0.2) is 36.8 Å². The number of fused-ring (bicyclic) bond motifs is 1. The second kappa shape index (κ2) is 4.58. The first-order valence-electron chi connectivity index (χ1n) is 6.60. The second-order valence-electron chi connectivity index (χ2n) is 5.18. The molecule has 1 aliphatic carbocycles. The molecule has 0 spiro atoms. The normalized spacial score (nSPS) is 20.4. The first-order chi connectivity index (χ1) is 8.75. The number of aryl methyl sites for hydroxylation is 1. The van der Waals surface area contributed by atoms with Crippen molar-refractivity contribution in [1.82, 2.24) is 9.55 Å². The van der Waals surface area contributed by atoms with Crippen LogP contribution in [0, 0.1) is 0 Å². The van der Waals surface area contributed by atoms with Crippen LogP contribution in [0.1, 0.15) is 42.2 Å². The summed E-state index contributed by atoms with van der Waals surface area (Å²) in [6.07, 6.45) is 7.24. The summed E-state index contributed by atoms with van der Waals surface area (Å²) in [5.41, 5.74) is 10.1. The van der Waals surface area contributed by atoms with E-state index in [9.17, 15) is 0 Å². The molecule has 2 atom stereocenters. The molecule has 1 aromatic carbocycles. The van der Waals surface area contributed by atoms with Gasteiger partial charge in [-0.1, -0.05) is 24.3 Å². The summed E-state index contributed by atoms with van der Waals surface area (Å²) in [6, 6.07) is 9.29. The van der Waals surface area contributed by atoms with Crippen LogP contribution in [0.5, 0.6) is 0 Å². The third-order valence-electron chi connectivity index (χ3n) is 3.88. The molecule has 3 heteroatoms. The Balaban J connectivity index is 1.90. The van der Waals surface area contributed by atoms with Crippen LogP contribution in [0.25, 0.3) is 0 Å². The molecule has 0 amide bonds. The van der Waals surface area contributed by atoms with Gasteiger partial charge < -0.3 is 10.3 Å². The Labute approximate surface area is 108 Å². The van der Waals surface area contributed by atoms with Gasteiger partial charge in [-0.15, -0.1) is 0 Å². The van der Waals surface area contributed by atoms with Crippen molar-refractivity contribution in [3.05, 3.63) is 53.6 Å². The fourth-order valence-electron chi connectivity index (χ4n) is 2.89. The number of hydrogen-bond donors (Lipinski definition) is 1. The van der Waals surface area contributed by atoms with E-state index in [4.69, 9.17) is 5.73 Å². The van der Waals surface area contributed by atoms with Crippen LogP contribution in [-0.2, 0) is 12.8 Å². The SMILES string of the molecule is C[C@@H](N)c1cncn1C1CCc2ccccc2C1. The van der Waals surface area contributed by atoms with E-state index < -0.39 is 0 Å². The quantitative estimate of drug-likeness (QED) is 0.878. The van der Waals surface area contributed by atoms with Gasteiger partial charge in [-0.05, 0) is 37.3 Å². The molecule has 1 unspecified atom stereocenters. The molecular weight excluding hydrogens is 222 g/mol. The van der Waals surface area contributed by atoms with E-state index in [1.807, 2.05) is 19.4 Å². The minimum Gasteiger partial charge on any atom is -0.330 e. The van der Waals surface area contributed by atoms with Crippen molar-refractivity contribution in [2.45, 2.75) is 38.3 Å². The molecule has 1 heterocycles. The van der Waals surface area contributed by atoms with Crippen LogP contribution in [0.4, 0.5) is 0 Å². The van der Waals surface area contributed by atoms with Gasteiger partial charge in [-0.3, -0.25) is 0 Å². The van der Waals surface area contributed by atoms with Gasteiger partial charge in [0.25, 0.3) is 0 Å². The lowest BCUT2D eigenvalue weighted by atomic mass is 9.88. The molecule has 2 N–H and O–H groups in total. The highest BCUT2D eigenvalue weighted by Crippen LogP contribution is 2.30. The molecule has 3 rings (SSSR count). The lowest BCUT2D eigenvalue weighted by Gasteiger charge is -2.27. The summed E-state index contributed by atoms with van der Waals surface area (Å²) in [4.78, 5) is 4.26. The number of nitrogens with two attached hydrogens (primary N) is 1. The molecule has 0 fully saturated rings. The van der Waals surface area contributed by atoms with E-state index in [1.54, 1.807) is 0 Å². The van der Waals surface area contributed by atoms with E-state index in [0.29, 0.717) is 6.04 Å². The first kappa shape index (κ1) is 11.5. The molecule has 1 aliphatic rings. The summed E-state index contributed by atoms with van der Waals surface area (Å²) in [5, 5.41) is 0. The van der Waals surface area contributed by atoms with Crippen molar-refractivity contribution in [2.24, 2.45) is 5.73 Å². The summed E-state index contributed by atoms with van der Waals surface area (Å²) in [5.74, 6) is 0. The Morgan fingerprint density at radius 1 is 1.33 bits per heavy atom. The van der Waals surface area contributed by atoms with Crippen LogP contribution < -0.4 is 5.73 Å². The Morgan fingerprint density at radius 3 is 2.89 bits per heavy atom. The highest BCUT2D eigenvalue weighted by atomic mass is 15.1. The summed E-state index contributed by atoms with van der Waals surface area (Å²) >= 11 is 0. The number of imidazole rings is 1. The monoisotopic (exact) mass is 241 g/mol. The van der Waals surface area contributed by atoms with Crippen molar-refractivity contribution in [3.63, 3.8) is 0 Å². The van der Waals surface area contributed by atoms with Crippen LogP contribution >= 0.6 is 0 Å². The zero-order chi connectivity index (χ0) is 12.5. The van der Waals surface area contributed by atoms with Crippen molar-refractivity contribution in [1.29, 1.82) is 0 Å². The molecule has 0 aliphatic heterocycles. The fourth-order valence-corrected chi connectivity index (χ4v) is 2.89. The molecule has 3 nitrogen and oxygen atoms in total. The highest BCUT2D eigenvalue weighted by Gasteiger charge is 2.21. The van der Waals surface area contributed by atoms with Gasteiger partial charge in [0.2, 0.25) is 0 Å². The molecule has 0 radical (unpaired) electrons. The molecule has 0 bridgehead atoms. The lowest BCUT2D eigenvalue weighted by Crippen LogP contribution is -2.22. The standard InChI is InChI=1S/C15H19N3/c1-11(16)15-9-17-10-18(15)14-7-6-12-4-2-3-5-13(12)8-14/h2-5,9-11,14H,6-8,16H2,1H3/t11-,14?/m1/s1. The van der Waals surface area contributed by atoms with Gasteiger partial charge in [-0.25, -0.2) is 4.98 Å². The molecule has 94 valence electrons. The zero-order valence-corrected chi connectivity index (χ0v) is 10.7. The summed E-state index contributed by atoms with van der Waals surface area (Å²) < 4.78 is 2.26. The third-order valence-corrected chi connectivity index (χ3v) is 3.88. The van der Waals surface area contributed by atoms with Crippen molar-refractivity contribution < 1.29 is 0 Å². The van der Waals surface area contributed by atoms with Gasteiger partial charge in [0.05, 0.1) is 12.0 Å². The number of benzene rings is 1. The van der Waals surface area contributed by atoms with Crippen LogP contribution in [-0.4, -0.2) is 9.55 Å². The largest absolute Gasteiger partial charge is 0.330 e. The predicted molar refractivity (Wildman–Crippen MR) is 72.3 cm³/mol. The Bertz CT molecular complexity index is 542. The van der Waals surface area contributed by atoms with Gasteiger partial charge in [-0.2, -0.15) is 0 Å². The smallest absolute Gasteiger partial charge is 0.0951 e. The summed E-state index contributed by atoms with van der Waals surface area (Å²) in [7, 11) is 0. The summed E-state index contributed by atoms with van der Waals surface area (Å²) in [6.45, 7) is 2.02. The molecule has 1 aromatic heterocycles. The topological polar surface area (TPSA) is 43.8 Å². The maximum absolute atomic E-state index is 6.00. The minimum atomic E-state index is 0.0460. The minimum absolute atomic E-state index is 0.0460. The van der Waals surface area contributed by atoms with E-state index in [-0.39, 0.29) is 6.04 Å². The lowest BCUT2D eigenvalue weighted by molar-refractivity contribution is 0.424. The van der Waals surface area contributed by atoms with Crippen LogP contribution in [0.2, 0.25) is 0 Å². The molecular formula is C15H19N3. The van der Waals surface area contributed by atoms with Gasteiger partial charge in [0.1, 0.15) is 0 Å². The zero-order valence-electron chi connectivity index (χ0n) is 10.7. The van der Waals surface area contributed by atoms with Gasteiger partial charge in [0.15, 0.2) is 0 Å². The maximum Gasteiger partial charge on any atom is 0.0951 e. The number of rotatable bonds is 2. The van der Waals surface area contributed by atoms with E-state index >= 15 is 0 Å².